The molecule has 35 heavy (non-hydrogen) atoms. The Morgan fingerprint density at radius 2 is 1.66 bits per heavy atom. The molecule has 0 heterocycles. The van der Waals surface area contributed by atoms with Gasteiger partial charge in [0.25, 0.3) is 0 Å². The molecule has 0 amide bonds. The molecule has 2 atom stereocenters. The molecule has 2 aliphatic rings. The second-order valence-electron chi connectivity index (χ2n) is 8.59. The van der Waals surface area contributed by atoms with Crippen molar-refractivity contribution in [3.8, 4) is 5.75 Å². The van der Waals surface area contributed by atoms with Gasteiger partial charge in [0.05, 0.1) is 32.3 Å². The molecule has 0 bridgehead atoms. The van der Waals surface area contributed by atoms with Crippen LogP contribution in [0.25, 0.3) is 6.08 Å². The van der Waals surface area contributed by atoms with Crippen molar-refractivity contribution in [2.24, 2.45) is 5.92 Å². The molecule has 4 rings (SSSR count). The summed E-state index contributed by atoms with van der Waals surface area (Å²) in [6.45, 7) is 3.92. The van der Waals surface area contributed by atoms with Crippen LogP contribution in [0.3, 0.4) is 0 Å². The molecular formula is C29H28O6. The molecule has 0 aliphatic heterocycles. The highest BCUT2D eigenvalue weighted by molar-refractivity contribution is 6.09. The summed E-state index contributed by atoms with van der Waals surface area (Å²) in [5, 5.41) is 0. The number of ether oxygens (including phenoxy) is 3. The van der Waals surface area contributed by atoms with Gasteiger partial charge in [0.15, 0.2) is 5.78 Å². The summed E-state index contributed by atoms with van der Waals surface area (Å²) in [6, 6.07) is 14.4. The predicted octanol–water partition coefficient (Wildman–Crippen LogP) is 5.06. The van der Waals surface area contributed by atoms with Crippen LogP contribution in [0, 0.1) is 5.92 Å². The van der Waals surface area contributed by atoms with Crippen molar-refractivity contribution in [2.75, 3.05) is 20.8 Å². The lowest BCUT2D eigenvalue weighted by Crippen LogP contribution is -2.28. The summed E-state index contributed by atoms with van der Waals surface area (Å²) in [5.41, 5.74) is 5.11. The number of ketones is 1. The Hall–Kier alpha value is -3.93. The van der Waals surface area contributed by atoms with Crippen LogP contribution < -0.4 is 4.74 Å². The number of hydrogen-bond donors (Lipinski definition) is 0. The maximum absolute atomic E-state index is 13.7. The first-order valence-corrected chi connectivity index (χ1v) is 11.5. The fraction of sp³-hybridized carbons (Fsp3) is 0.276. The standard InChI is InChI=1S/C29H28O6/c1-5-35-29(32)24-17(2)14-21-16-22(15-18-6-8-20(9-7-18)28(31)34-4)27(30)26(21)25(24)19-10-12-23(33-3)13-11-19/h6-15,25-26H,5,16H2,1-4H3/b22-15-. The Kier molecular flexibility index (Phi) is 7.01. The molecule has 1 saturated carbocycles. The Balaban J connectivity index is 1.73. The monoisotopic (exact) mass is 472 g/mol. The predicted molar refractivity (Wildman–Crippen MR) is 132 cm³/mol. The van der Waals surface area contributed by atoms with Crippen LogP contribution in [0.2, 0.25) is 0 Å². The zero-order chi connectivity index (χ0) is 25.1. The molecule has 6 heteroatoms. The molecule has 0 saturated heterocycles. The molecule has 180 valence electrons. The second kappa shape index (κ2) is 10.1. The summed E-state index contributed by atoms with van der Waals surface area (Å²) in [5.74, 6) is -1.04. The Bertz CT molecular complexity index is 1250. The van der Waals surface area contributed by atoms with E-state index in [4.69, 9.17) is 14.2 Å². The van der Waals surface area contributed by atoms with Crippen LogP contribution in [0.5, 0.6) is 5.75 Å². The number of benzene rings is 2. The number of methoxy groups -OCH3 is 2. The summed E-state index contributed by atoms with van der Waals surface area (Å²) >= 11 is 0. The molecule has 0 aromatic heterocycles. The van der Waals surface area contributed by atoms with Gasteiger partial charge in [-0.15, -0.1) is 0 Å². The summed E-state index contributed by atoms with van der Waals surface area (Å²) < 4.78 is 15.4. The van der Waals surface area contributed by atoms with Gasteiger partial charge in [0.2, 0.25) is 0 Å². The maximum Gasteiger partial charge on any atom is 0.337 e. The number of Topliss-reactive ketones (excluding diaryl/α,β-unsaturated/α-hetero) is 1. The fourth-order valence-electron chi connectivity index (χ4n) is 4.88. The van der Waals surface area contributed by atoms with Gasteiger partial charge >= 0.3 is 11.9 Å². The van der Waals surface area contributed by atoms with E-state index in [1.54, 1.807) is 38.3 Å². The maximum atomic E-state index is 13.7. The highest BCUT2D eigenvalue weighted by Crippen LogP contribution is 2.50. The lowest BCUT2D eigenvalue weighted by Gasteiger charge is -2.30. The van der Waals surface area contributed by atoms with Crippen molar-refractivity contribution in [3.63, 3.8) is 0 Å². The van der Waals surface area contributed by atoms with Gasteiger partial charge < -0.3 is 14.2 Å². The van der Waals surface area contributed by atoms with E-state index in [9.17, 15) is 14.4 Å². The van der Waals surface area contributed by atoms with Crippen molar-refractivity contribution < 1.29 is 28.6 Å². The Labute approximate surface area is 204 Å². The van der Waals surface area contributed by atoms with E-state index >= 15 is 0 Å². The van der Waals surface area contributed by atoms with Crippen molar-refractivity contribution >= 4 is 23.8 Å². The second-order valence-corrected chi connectivity index (χ2v) is 8.59. The normalized spacial score (nSPS) is 20.4. The average molecular weight is 473 g/mol. The molecule has 2 aromatic rings. The van der Waals surface area contributed by atoms with Gasteiger partial charge in [-0.3, -0.25) is 4.79 Å². The average Bonchev–Trinajstić information content (AvgIpc) is 3.17. The third-order valence-corrected chi connectivity index (χ3v) is 6.51. The molecule has 2 aromatic carbocycles. The molecule has 0 spiro atoms. The molecule has 0 radical (unpaired) electrons. The van der Waals surface area contributed by atoms with E-state index in [0.717, 1.165) is 22.3 Å². The van der Waals surface area contributed by atoms with Gasteiger partial charge in [-0.2, -0.15) is 0 Å². The molecule has 2 unspecified atom stereocenters. The zero-order valence-corrected chi connectivity index (χ0v) is 20.3. The van der Waals surface area contributed by atoms with Gasteiger partial charge in [-0.1, -0.05) is 35.9 Å². The Morgan fingerprint density at radius 3 is 2.26 bits per heavy atom. The SMILES string of the molecule is CCOC(=O)C1=C(C)C=C2C/C(=C/c3ccc(C(=O)OC)cc3)C(=O)C2C1c1ccc(OC)cc1. The van der Waals surface area contributed by atoms with Crippen LogP contribution in [0.4, 0.5) is 0 Å². The van der Waals surface area contributed by atoms with Crippen molar-refractivity contribution in [2.45, 2.75) is 26.2 Å². The lowest BCUT2D eigenvalue weighted by molar-refractivity contribution is -0.139. The highest BCUT2D eigenvalue weighted by Gasteiger charge is 2.45. The molecular weight excluding hydrogens is 444 g/mol. The largest absolute Gasteiger partial charge is 0.497 e. The van der Waals surface area contributed by atoms with Crippen molar-refractivity contribution in [1.29, 1.82) is 0 Å². The molecule has 6 nitrogen and oxygen atoms in total. The first-order valence-electron chi connectivity index (χ1n) is 11.5. The summed E-state index contributed by atoms with van der Waals surface area (Å²) in [6.07, 6.45) is 4.31. The van der Waals surface area contributed by atoms with Gasteiger partial charge in [-0.05, 0) is 67.3 Å². The third kappa shape index (κ3) is 4.69. The minimum Gasteiger partial charge on any atom is -0.497 e. The molecule has 2 aliphatic carbocycles. The fourth-order valence-corrected chi connectivity index (χ4v) is 4.88. The van der Waals surface area contributed by atoms with Crippen LogP contribution in [0.15, 0.2) is 76.9 Å². The Morgan fingerprint density at radius 1 is 0.971 bits per heavy atom. The molecule has 0 N–H and O–H groups in total. The van der Waals surface area contributed by atoms with E-state index < -0.39 is 23.8 Å². The van der Waals surface area contributed by atoms with Gasteiger partial charge in [0.1, 0.15) is 5.75 Å². The first-order chi connectivity index (χ1) is 16.9. The quantitative estimate of drug-likeness (QED) is 0.432. The van der Waals surface area contributed by atoms with Gasteiger partial charge in [0, 0.05) is 17.1 Å². The minimum atomic E-state index is -0.480. The number of allylic oxidation sites excluding steroid dienone is 4. The molecule has 1 fully saturated rings. The van der Waals surface area contributed by atoms with E-state index in [2.05, 4.69) is 0 Å². The van der Waals surface area contributed by atoms with Crippen molar-refractivity contribution in [1.82, 2.24) is 0 Å². The lowest BCUT2D eigenvalue weighted by atomic mass is 9.72. The third-order valence-electron chi connectivity index (χ3n) is 6.51. The number of carbonyl (C=O) groups excluding carboxylic acids is 3. The van der Waals surface area contributed by atoms with Crippen LogP contribution in [-0.2, 0) is 19.1 Å². The van der Waals surface area contributed by atoms with Crippen LogP contribution >= 0.6 is 0 Å². The number of fused-ring (bicyclic) bond motifs is 1. The van der Waals surface area contributed by atoms with E-state index in [0.29, 0.717) is 28.9 Å². The minimum absolute atomic E-state index is 0.0107. The number of rotatable bonds is 6. The summed E-state index contributed by atoms with van der Waals surface area (Å²) in [7, 11) is 2.94. The first kappa shape index (κ1) is 24.2. The number of hydrogen-bond acceptors (Lipinski definition) is 6. The summed E-state index contributed by atoms with van der Waals surface area (Å²) in [4.78, 5) is 38.4. The van der Waals surface area contributed by atoms with E-state index in [-0.39, 0.29) is 12.4 Å². The van der Waals surface area contributed by atoms with Gasteiger partial charge in [-0.25, -0.2) is 9.59 Å². The smallest absolute Gasteiger partial charge is 0.337 e. The van der Waals surface area contributed by atoms with Crippen LogP contribution in [0.1, 0.15) is 47.7 Å². The van der Waals surface area contributed by atoms with Crippen LogP contribution in [-0.4, -0.2) is 38.5 Å². The highest BCUT2D eigenvalue weighted by atomic mass is 16.5. The van der Waals surface area contributed by atoms with E-state index in [1.165, 1.54) is 7.11 Å². The zero-order valence-electron chi connectivity index (χ0n) is 20.3. The van der Waals surface area contributed by atoms with Crippen molar-refractivity contribution in [3.05, 3.63) is 93.6 Å². The topological polar surface area (TPSA) is 78.9 Å². The number of carbonyl (C=O) groups is 3. The van der Waals surface area contributed by atoms with E-state index in [1.807, 2.05) is 43.3 Å². The number of esters is 2.